The first-order valence-electron chi connectivity index (χ1n) is 10.1. The molecule has 170 valence electrons. The fraction of sp³-hybridized carbons (Fsp3) is 0.273. The van der Waals surface area contributed by atoms with Crippen LogP contribution < -0.4 is 10.2 Å². The molecule has 9 nitrogen and oxygen atoms in total. The molecule has 1 aromatic heterocycles. The lowest BCUT2D eigenvalue weighted by Gasteiger charge is -2.19. The second-order valence-electron chi connectivity index (χ2n) is 7.05. The number of sulfonamides is 1. The van der Waals surface area contributed by atoms with Gasteiger partial charge in [0.1, 0.15) is 6.54 Å². The van der Waals surface area contributed by atoms with Crippen LogP contribution in [-0.2, 0) is 26.2 Å². The average Bonchev–Trinajstić information content (AvgIpc) is 3.16. The minimum absolute atomic E-state index is 0.0158. The topological polar surface area (TPSA) is 110 Å². The number of aromatic nitrogens is 1. The van der Waals surface area contributed by atoms with E-state index in [-0.39, 0.29) is 23.3 Å². The highest BCUT2D eigenvalue weighted by molar-refractivity contribution is 7.89. The molecule has 0 saturated carbocycles. The third-order valence-corrected chi connectivity index (χ3v) is 6.35. The maximum Gasteiger partial charge on any atom is 0.262 e. The number of rotatable bonds is 9. The summed E-state index contributed by atoms with van der Waals surface area (Å²) in [5.74, 6) is -0.319. The van der Waals surface area contributed by atoms with Gasteiger partial charge in [0, 0.05) is 41.4 Å². The lowest BCUT2D eigenvalue weighted by molar-refractivity contribution is -0.131. The van der Waals surface area contributed by atoms with Gasteiger partial charge in [-0.05, 0) is 62.4 Å². The number of amides is 2. The summed E-state index contributed by atoms with van der Waals surface area (Å²) in [6, 6.07) is 12.8. The molecule has 0 aliphatic rings. The number of nitrogens with zero attached hydrogens (tertiary/aromatic N) is 2. The first-order valence-corrected chi connectivity index (χ1v) is 11.6. The van der Waals surface area contributed by atoms with Crippen LogP contribution in [0, 0.1) is 0 Å². The molecule has 0 radical (unpaired) electrons. The smallest absolute Gasteiger partial charge is 0.262 e. The van der Waals surface area contributed by atoms with Crippen molar-refractivity contribution in [2.45, 2.75) is 25.3 Å². The van der Waals surface area contributed by atoms with E-state index in [0.717, 1.165) is 10.9 Å². The minimum Gasteiger partial charge on any atom is -0.342 e. The zero-order chi connectivity index (χ0) is 23.3. The van der Waals surface area contributed by atoms with E-state index >= 15 is 0 Å². The van der Waals surface area contributed by atoms with Gasteiger partial charge in [0.05, 0.1) is 12.0 Å². The second-order valence-corrected chi connectivity index (χ2v) is 8.70. The molecule has 2 amide bonds. The molecule has 0 spiro atoms. The molecule has 3 rings (SSSR count). The van der Waals surface area contributed by atoms with E-state index < -0.39 is 10.0 Å². The number of likely N-dealkylation sites (N-methyl/N-ethyl adjacent to an activating group) is 1. The molecule has 2 N–H and O–H groups in total. The predicted molar refractivity (Wildman–Crippen MR) is 122 cm³/mol. The van der Waals surface area contributed by atoms with E-state index in [1.165, 1.54) is 31.4 Å². The van der Waals surface area contributed by atoms with Crippen molar-refractivity contribution in [1.29, 1.82) is 0 Å². The highest BCUT2D eigenvalue weighted by Crippen LogP contribution is 2.22. The van der Waals surface area contributed by atoms with Crippen molar-refractivity contribution in [3.05, 3.63) is 60.3 Å². The fourth-order valence-electron chi connectivity index (χ4n) is 3.38. The minimum atomic E-state index is -3.78. The van der Waals surface area contributed by atoms with Gasteiger partial charge in [0.15, 0.2) is 0 Å². The Morgan fingerprint density at radius 2 is 1.72 bits per heavy atom. The normalized spacial score (nSPS) is 11.5. The van der Waals surface area contributed by atoms with E-state index in [4.69, 9.17) is 0 Å². The lowest BCUT2D eigenvalue weighted by atomic mass is 10.2. The van der Waals surface area contributed by atoms with Crippen molar-refractivity contribution in [2.75, 3.05) is 25.5 Å². The summed E-state index contributed by atoms with van der Waals surface area (Å²) >= 11 is 0. The molecule has 1 heterocycles. The third-order valence-electron chi connectivity index (χ3n) is 5.07. The van der Waals surface area contributed by atoms with Crippen molar-refractivity contribution < 1.29 is 22.8 Å². The lowest BCUT2D eigenvalue weighted by Crippen LogP contribution is -2.33. The summed E-state index contributed by atoms with van der Waals surface area (Å²) in [5.41, 5.74) is 1.79. The molecular formula is C22H26N4O5S. The molecule has 3 aromatic rings. The number of carbonyl (C=O) groups is 2. The third kappa shape index (κ3) is 5.16. The summed E-state index contributed by atoms with van der Waals surface area (Å²) in [4.78, 5) is 33.1. The van der Waals surface area contributed by atoms with Crippen LogP contribution in [-0.4, -0.2) is 49.9 Å². The Balaban J connectivity index is 1.73. The van der Waals surface area contributed by atoms with Gasteiger partial charge in [0.2, 0.25) is 5.91 Å². The number of nitrogens with one attached hydrogen (secondary N) is 2. The number of hydrogen-bond donors (Lipinski definition) is 2. The zero-order valence-corrected chi connectivity index (χ0v) is 19.0. The summed E-state index contributed by atoms with van der Waals surface area (Å²) in [5, 5.41) is 3.70. The second kappa shape index (κ2) is 9.94. The van der Waals surface area contributed by atoms with E-state index in [9.17, 15) is 18.0 Å². The summed E-state index contributed by atoms with van der Waals surface area (Å²) in [6.45, 7) is 5.49. The van der Waals surface area contributed by atoms with Gasteiger partial charge in [0.25, 0.3) is 15.9 Å². The quantitative estimate of drug-likeness (QED) is 0.479. The predicted octanol–water partition coefficient (Wildman–Crippen LogP) is 2.60. The summed E-state index contributed by atoms with van der Waals surface area (Å²) in [6.07, 6.45) is 1.85. The van der Waals surface area contributed by atoms with E-state index in [1.807, 2.05) is 47.7 Å². The molecule has 0 fully saturated rings. The molecule has 10 heteroatoms. The highest BCUT2D eigenvalue weighted by Gasteiger charge is 2.15. The number of anilines is 1. The molecule has 0 bridgehead atoms. The monoisotopic (exact) mass is 458 g/mol. The number of fused-ring (bicyclic) bond motifs is 1. The Kier molecular flexibility index (Phi) is 7.29. The number of carbonyl (C=O) groups excluding carboxylic acids is 2. The van der Waals surface area contributed by atoms with Gasteiger partial charge in [-0.3, -0.25) is 14.4 Å². The molecular weight excluding hydrogens is 432 g/mol. The zero-order valence-electron chi connectivity index (χ0n) is 18.2. The van der Waals surface area contributed by atoms with E-state index in [1.54, 1.807) is 11.0 Å². The van der Waals surface area contributed by atoms with Crippen molar-refractivity contribution in [3.8, 4) is 0 Å². The van der Waals surface area contributed by atoms with E-state index in [2.05, 4.69) is 10.2 Å². The van der Waals surface area contributed by atoms with Crippen molar-refractivity contribution in [1.82, 2.24) is 14.4 Å². The highest BCUT2D eigenvalue weighted by atomic mass is 32.2. The van der Waals surface area contributed by atoms with Crippen LogP contribution in [0.3, 0.4) is 0 Å². The van der Waals surface area contributed by atoms with Crippen LogP contribution in [0.5, 0.6) is 0 Å². The summed E-state index contributed by atoms with van der Waals surface area (Å²) in [7, 11) is -2.58. The molecule has 0 saturated heterocycles. The molecule has 0 aliphatic heterocycles. The van der Waals surface area contributed by atoms with Gasteiger partial charge >= 0.3 is 0 Å². The Morgan fingerprint density at radius 3 is 2.34 bits per heavy atom. The van der Waals surface area contributed by atoms with Gasteiger partial charge < -0.3 is 14.8 Å². The van der Waals surface area contributed by atoms with Crippen LogP contribution in [0.2, 0.25) is 0 Å². The van der Waals surface area contributed by atoms with Gasteiger partial charge in [-0.25, -0.2) is 8.42 Å². The van der Waals surface area contributed by atoms with Gasteiger partial charge in [-0.1, -0.05) is 4.89 Å². The molecule has 0 unspecified atom stereocenters. The molecule has 0 aliphatic carbocycles. The summed E-state index contributed by atoms with van der Waals surface area (Å²) < 4.78 is 25.7. The Labute approximate surface area is 187 Å². The Morgan fingerprint density at radius 1 is 1.03 bits per heavy atom. The van der Waals surface area contributed by atoms with Crippen LogP contribution in [0.15, 0.2) is 59.6 Å². The van der Waals surface area contributed by atoms with Crippen LogP contribution in [0.4, 0.5) is 5.69 Å². The van der Waals surface area contributed by atoms with Gasteiger partial charge in [-0.15, -0.1) is 0 Å². The first-order chi connectivity index (χ1) is 15.3. The van der Waals surface area contributed by atoms with Crippen LogP contribution in [0.1, 0.15) is 24.2 Å². The number of hydrogen-bond acceptors (Lipinski definition) is 5. The Hall–Kier alpha value is -3.21. The molecule has 2 aromatic carbocycles. The Bertz CT molecular complexity index is 1210. The first kappa shape index (κ1) is 23.5. The number of benzene rings is 2. The van der Waals surface area contributed by atoms with Crippen molar-refractivity contribution >= 4 is 38.4 Å². The molecule has 0 atom stereocenters. The largest absolute Gasteiger partial charge is 0.342 e. The maximum absolute atomic E-state index is 12.6. The SMILES string of the molecule is CCN(CC)C(=O)Cn1ccc2cc(NC(=O)c3ccc(S(=O)(=O)NOC)cc3)ccc21. The van der Waals surface area contributed by atoms with E-state index in [0.29, 0.717) is 24.3 Å². The fourth-order valence-corrected chi connectivity index (χ4v) is 4.19. The average molecular weight is 459 g/mol. The van der Waals surface area contributed by atoms with Crippen LogP contribution in [0.25, 0.3) is 10.9 Å². The standard InChI is InChI=1S/C22H26N4O5S/c1-4-25(5-2)21(27)15-26-13-12-17-14-18(8-11-20(17)26)23-22(28)16-6-9-19(10-7-16)32(29,30)24-31-3/h6-14,24H,4-5,15H2,1-3H3,(H,23,28). The van der Waals surface area contributed by atoms with Crippen molar-refractivity contribution in [2.24, 2.45) is 0 Å². The van der Waals surface area contributed by atoms with Crippen LogP contribution >= 0.6 is 0 Å². The molecule has 32 heavy (non-hydrogen) atoms. The maximum atomic E-state index is 12.6. The van der Waals surface area contributed by atoms with Gasteiger partial charge in [-0.2, -0.15) is 0 Å². The van der Waals surface area contributed by atoms with Crippen molar-refractivity contribution in [3.63, 3.8) is 0 Å².